The van der Waals surface area contributed by atoms with Crippen molar-refractivity contribution in [1.82, 2.24) is 0 Å². The van der Waals surface area contributed by atoms with Crippen molar-refractivity contribution in [3.05, 3.63) is 192 Å². The Morgan fingerprint density at radius 1 is 0.482 bits per heavy atom. The molecule has 270 valence electrons. The summed E-state index contributed by atoms with van der Waals surface area (Å²) in [5, 5.41) is 5.32. The van der Waals surface area contributed by atoms with Crippen LogP contribution in [0, 0.1) is 11.8 Å². The fourth-order valence-corrected chi connectivity index (χ4v) is 11.2. The molecule has 0 bridgehead atoms. The van der Waals surface area contributed by atoms with Crippen molar-refractivity contribution in [3.63, 3.8) is 0 Å². The van der Waals surface area contributed by atoms with E-state index in [9.17, 15) is 0 Å². The van der Waals surface area contributed by atoms with Gasteiger partial charge < -0.3 is 0 Å². The smallest absolute Gasteiger partial charge is 0.0700 e. The van der Waals surface area contributed by atoms with Gasteiger partial charge >= 0.3 is 0 Å². The maximum atomic E-state index is 5.52. The van der Waals surface area contributed by atoms with E-state index in [1.165, 1.54) is 84.9 Å². The summed E-state index contributed by atoms with van der Waals surface area (Å²) >= 11 is 3.84. The SMILES string of the molecule is C/C1=C(c2ccccc2)\N=C(\c2ccccc2)[C@H](C)C/C=C(\c2cccc(-c3cccc4c3sc3c(-c5cccc6c5sc5ccccc56)cccc34)c2)[C@@H]1C. The van der Waals surface area contributed by atoms with Crippen LogP contribution in [0.25, 0.3) is 73.9 Å². The summed E-state index contributed by atoms with van der Waals surface area (Å²) in [6, 6.07) is 60.0. The predicted octanol–water partition coefficient (Wildman–Crippen LogP) is 15.7. The van der Waals surface area contributed by atoms with Crippen LogP contribution >= 0.6 is 22.7 Å². The third-order valence-corrected chi connectivity index (χ3v) is 14.2. The summed E-state index contributed by atoms with van der Waals surface area (Å²) in [5.41, 5.74) is 13.6. The zero-order chi connectivity index (χ0) is 37.8. The van der Waals surface area contributed by atoms with Gasteiger partial charge in [-0.05, 0) is 58.9 Å². The summed E-state index contributed by atoms with van der Waals surface area (Å²) < 4.78 is 5.38. The molecular weight excluding hydrogens is 715 g/mol. The van der Waals surface area contributed by atoms with Crippen molar-refractivity contribution in [1.29, 1.82) is 0 Å². The topological polar surface area (TPSA) is 12.4 Å². The third-order valence-electron chi connectivity index (χ3n) is 11.7. The minimum absolute atomic E-state index is 0.172. The summed E-state index contributed by atoms with van der Waals surface area (Å²) in [4.78, 5) is 5.52. The molecule has 0 fully saturated rings. The normalized spacial score (nSPS) is 19.7. The minimum atomic E-state index is 0.172. The average Bonchev–Trinajstić information content (AvgIpc) is 3.84. The lowest BCUT2D eigenvalue weighted by Gasteiger charge is -2.20. The largest absolute Gasteiger partial charge is 0.252 e. The standard InChI is InChI=1S/C53H41NS2/c1-33-30-31-40(34(2)35(3)50(37-18-8-5-9-19-37)54-49(33)36-16-6-4-7-17-36)38-20-12-21-39(32-38)41-23-13-25-44-46-27-15-28-47(53(46)56-51(41)44)45-26-14-24-43-42-22-10-11-29-48(42)55-52(43)45/h4-29,31-34H,30H2,1-3H3/b40-31-,50-35+,54-49+/t33-,34-/m1/s1. The van der Waals surface area contributed by atoms with Gasteiger partial charge in [-0.2, -0.15) is 0 Å². The Balaban J connectivity index is 1.10. The van der Waals surface area contributed by atoms with E-state index in [4.69, 9.17) is 4.99 Å². The molecule has 7 aromatic carbocycles. The number of aliphatic imine (C=N–C) groups is 1. The molecule has 2 aromatic heterocycles. The quantitative estimate of drug-likeness (QED) is 0.166. The predicted molar refractivity (Wildman–Crippen MR) is 246 cm³/mol. The first-order chi connectivity index (χ1) is 27.5. The highest BCUT2D eigenvalue weighted by atomic mass is 32.1. The van der Waals surface area contributed by atoms with E-state index in [2.05, 4.69) is 191 Å². The van der Waals surface area contributed by atoms with E-state index in [0.717, 1.165) is 23.4 Å². The van der Waals surface area contributed by atoms with Gasteiger partial charge in [-0.3, -0.25) is 4.99 Å². The molecule has 1 aliphatic heterocycles. The Morgan fingerprint density at radius 2 is 1.00 bits per heavy atom. The molecule has 0 aliphatic carbocycles. The van der Waals surface area contributed by atoms with E-state index in [0.29, 0.717) is 0 Å². The minimum Gasteiger partial charge on any atom is -0.252 e. The molecule has 56 heavy (non-hydrogen) atoms. The van der Waals surface area contributed by atoms with E-state index in [1.54, 1.807) is 0 Å². The van der Waals surface area contributed by atoms with Crippen molar-refractivity contribution < 1.29 is 0 Å². The van der Waals surface area contributed by atoms with Gasteiger partial charge in [0.25, 0.3) is 0 Å². The maximum absolute atomic E-state index is 5.52. The van der Waals surface area contributed by atoms with Crippen LogP contribution in [0.4, 0.5) is 0 Å². The third kappa shape index (κ3) is 5.94. The van der Waals surface area contributed by atoms with Crippen molar-refractivity contribution in [2.45, 2.75) is 27.2 Å². The second-order valence-corrected chi connectivity index (χ2v) is 17.2. The molecule has 2 atom stereocenters. The second kappa shape index (κ2) is 14.3. The number of thiophene rings is 2. The Labute approximate surface area is 336 Å². The molecule has 1 nitrogen and oxygen atoms in total. The summed E-state index contributed by atoms with van der Waals surface area (Å²) in [6.45, 7) is 6.96. The highest BCUT2D eigenvalue weighted by Crippen LogP contribution is 2.47. The van der Waals surface area contributed by atoms with Gasteiger partial charge in [0.05, 0.1) is 11.4 Å². The second-order valence-electron chi connectivity index (χ2n) is 15.1. The zero-order valence-corrected chi connectivity index (χ0v) is 33.4. The summed E-state index contributed by atoms with van der Waals surface area (Å²) in [5.74, 6) is 0.415. The Morgan fingerprint density at radius 3 is 1.71 bits per heavy atom. The molecule has 0 radical (unpaired) electrons. The Kier molecular flexibility index (Phi) is 8.85. The highest BCUT2D eigenvalue weighted by Gasteiger charge is 2.24. The lowest BCUT2D eigenvalue weighted by Crippen LogP contribution is -2.12. The maximum Gasteiger partial charge on any atom is 0.0700 e. The number of fused-ring (bicyclic) bond motifs is 6. The first-order valence-corrected chi connectivity index (χ1v) is 21.2. The number of benzene rings is 7. The van der Waals surface area contributed by atoms with Crippen LogP contribution in [0.5, 0.6) is 0 Å². The number of nitrogens with zero attached hydrogens (tertiary/aromatic N) is 1. The van der Waals surface area contributed by atoms with E-state index < -0.39 is 0 Å². The number of allylic oxidation sites excluding steroid dienone is 3. The van der Waals surface area contributed by atoms with Crippen LogP contribution in [0.1, 0.15) is 43.9 Å². The first-order valence-electron chi connectivity index (χ1n) is 19.6. The monoisotopic (exact) mass is 755 g/mol. The van der Waals surface area contributed by atoms with E-state index in [1.807, 2.05) is 22.7 Å². The summed E-state index contributed by atoms with van der Waals surface area (Å²) in [7, 11) is 0. The fraction of sp³-hybridized carbons (Fsp3) is 0.113. The molecule has 0 amide bonds. The number of rotatable bonds is 5. The van der Waals surface area contributed by atoms with Crippen LogP contribution in [0.15, 0.2) is 180 Å². The van der Waals surface area contributed by atoms with E-state index in [-0.39, 0.29) is 11.8 Å². The lowest BCUT2D eigenvalue weighted by molar-refractivity contribution is 0.787. The molecule has 0 saturated carbocycles. The molecule has 1 aliphatic rings. The van der Waals surface area contributed by atoms with Crippen molar-refractivity contribution in [3.8, 4) is 22.3 Å². The first kappa shape index (κ1) is 34.6. The molecule has 3 heteroatoms. The van der Waals surface area contributed by atoms with Gasteiger partial charge in [0.2, 0.25) is 0 Å². The number of hydrogen-bond donors (Lipinski definition) is 0. The van der Waals surface area contributed by atoms with Crippen molar-refractivity contribution >= 4 is 80.0 Å². The zero-order valence-electron chi connectivity index (χ0n) is 31.8. The van der Waals surface area contributed by atoms with Gasteiger partial charge in [0.15, 0.2) is 0 Å². The molecule has 0 N–H and O–H groups in total. The highest BCUT2D eigenvalue weighted by molar-refractivity contribution is 7.27. The molecule has 0 unspecified atom stereocenters. The summed E-state index contributed by atoms with van der Waals surface area (Å²) in [6.07, 6.45) is 3.40. The van der Waals surface area contributed by atoms with Gasteiger partial charge in [-0.1, -0.05) is 172 Å². The average molecular weight is 756 g/mol. The molecular formula is C53H41NS2. The van der Waals surface area contributed by atoms with Crippen molar-refractivity contribution in [2.75, 3.05) is 0 Å². The Bertz CT molecular complexity index is 3030. The van der Waals surface area contributed by atoms with E-state index >= 15 is 0 Å². The van der Waals surface area contributed by atoms with Gasteiger partial charge in [-0.15, -0.1) is 22.7 Å². The van der Waals surface area contributed by atoms with Crippen molar-refractivity contribution in [2.24, 2.45) is 16.8 Å². The van der Waals surface area contributed by atoms with Crippen LogP contribution < -0.4 is 0 Å². The molecule has 10 rings (SSSR count). The van der Waals surface area contributed by atoms with Gasteiger partial charge in [0.1, 0.15) is 0 Å². The van der Waals surface area contributed by atoms with Crippen LogP contribution in [-0.2, 0) is 0 Å². The Hall–Kier alpha value is -5.87. The van der Waals surface area contributed by atoms with Gasteiger partial charge in [-0.25, -0.2) is 0 Å². The molecule has 0 saturated heterocycles. The van der Waals surface area contributed by atoms with Gasteiger partial charge in [0, 0.05) is 68.9 Å². The van der Waals surface area contributed by atoms with Crippen LogP contribution in [0.2, 0.25) is 0 Å². The fourth-order valence-electron chi connectivity index (χ4n) is 8.65. The molecule has 3 heterocycles. The molecule has 9 aromatic rings. The van der Waals surface area contributed by atoms with Crippen LogP contribution in [-0.4, -0.2) is 5.71 Å². The lowest BCUT2D eigenvalue weighted by atomic mass is 9.84. The number of hydrogen-bond acceptors (Lipinski definition) is 3. The van der Waals surface area contributed by atoms with Crippen LogP contribution in [0.3, 0.4) is 0 Å². The molecule has 0 spiro atoms.